The van der Waals surface area contributed by atoms with Crippen molar-refractivity contribution in [1.29, 1.82) is 0 Å². The number of halogens is 1. The molecule has 2 aliphatic rings. The fraction of sp³-hybridized carbons (Fsp3) is 0.615. The molecule has 1 aromatic heterocycles. The molecule has 104 valence electrons. The standard InChI is InChI=1S/C13H19ClN4O/c14-10-2-4-13(17-15)16-11(10)7-18-5-8-1-3-12(19)9(8)6-18/h2,4,8-9,12,19H,1,3,5-7,15H2,(H,16,17). The molecule has 2 heterocycles. The zero-order valence-electron chi connectivity index (χ0n) is 10.7. The molecule has 1 saturated heterocycles. The van der Waals surface area contributed by atoms with E-state index in [2.05, 4.69) is 15.3 Å². The maximum absolute atomic E-state index is 9.93. The summed E-state index contributed by atoms with van der Waals surface area (Å²) in [6, 6.07) is 3.57. The van der Waals surface area contributed by atoms with Gasteiger partial charge in [0.15, 0.2) is 0 Å². The van der Waals surface area contributed by atoms with Gasteiger partial charge in [-0.15, -0.1) is 0 Å². The molecule has 0 bridgehead atoms. The highest BCUT2D eigenvalue weighted by Crippen LogP contribution is 2.38. The molecule has 1 aliphatic heterocycles. The summed E-state index contributed by atoms with van der Waals surface area (Å²) in [4.78, 5) is 6.72. The van der Waals surface area contributed by atoms with E-state index in [4.69, 9.17) is 17.4 Å². The monoisotopic (exact) mass is 282 g/mol. The van der Waals surface area contributed by atoms with Crippen LogP contribution in [0.25, 0.3) is 0 Å². The van der Waals surface area contributed by atoms with E-state index >= 15 is 0 Å². The highest BCUT2D eigenvalue weighted by Gasteiger charge is 2.41. The summed E-state index contributed by atoms with van der Waals surface area (Å²) < 4.78 is 0. The van der Waals surface area contributed by atoms with Crippen molar-refractivity contribution in [3.05, 3.63) is 22.8 Å². The largest absolute Gasteiger partial charge is 0.393 e. The van der Waals surface area contributed by atoms with Crippen LogP contribution in [0, 0.1) is 11.8 Å². The van der Waals surface area contributed by atoms with Crippen molar-refractivity contribution >= 4 is 17.4 Å². The lowest BCUT2D eigenvalue weighted by molar-refractivity contribution is 0.123. The number of nitrogens with two attached hydrogens (primary N) is 1. The van der Waals surface area contributed by atoms with E-state index in [9.17, 15) is 5.11 Å². The molecule has 1 aromatic rings. The van der Waals surface area contributed by atoms with Crippen LogP contribution in [-0.2, 0) is 6.54 Å². The molecule has 0 radical (unpaired) electrons. The Labute approximate surface area is 117 Å². The topological polar surface area (TPSA) is 74.4 Å². The lowest BCUT2D eigenvalue weighted by Gasteiger charge is -2.18. The smallest absolute Gasteiger partial charge is 0.140 e. The molecule has 19 heavy (non-hydrogen) atoms. The van der Waals surface area contributed by atoms with Crippen LogP contribution in [0.5, 0.6) is 0 Å². The summed E-state index contributed by atoms with van der Waals surface area (Å²) in [7, 11) is 0. The maximum atomic E-state index is 9.93. The Hall–Kier alpha value is -0.880. The van der Waals surface area contributed by atoms with Gasteiger partial charge in [-0.2, -0.15) is 0 Å². The van der Waals surface area contributed by atoms with Crippen LogP contribution in [0.15, 0.2) is 12.1 Å². The zero-order valence-corrected chi connectivity index (χ0v) is 11.5. The third-order valence-electron chi connectivity index (χ3n) is 4.33. The molecule has 1 aliphatic carbocycles. The lowest BCUT2D eigenvalue weighted by atomic mass is 10.00. The van der Waals surface area contributed by atoms with Gasteiger partial charge in [0, 0.05) is 25.6 Å². The van der Waals surface area contributed by atoms with Crippen LogP contribution in [0.1, 0.15) is 18.5 Å². The van der Waals surface area contributed by atoms with Crippen molar-refractivity contribution in [2.24, 2.45) is 17.7 Å². The van der Waals surface area contributed by atoms with Crippen LogP contribution < -0.4 is 11.3 Å². The summed E-state index contributed by atoms with van der Waals surface area (Å²) in [6.07, 6.45) is 1.96. The number of pyridine rings is 1. The second-order valence-corrected chi connectivity index (χ2v) is 5.94. The zero-order chi connectivity index (χ0) is 13.4. The highest BCUT2D eigenvalue weighted by molar-refractivity contribution is 6.31. The number of nitrogens with one attached hydrogen (secondary N) is 1. The molecule has 0 amide bonds. The Kier molecular flexibility index (Phi) is 3.62. The van der Waals surface area contributed by atoms with Gasteiger partial charge in [-0.3, -0.25) is 4.90 Å². The van der Waals surface area contributed by atoms with E-state index in [1.54, 1.807) is 6.07 Å². The number of nitrogen functional groups attached to an aromatic ring is 1. The van der Waals surface area contributed by atoms with Gasteiger partial charge in [0.1, 0.15) is 5.82 Å². The first-order valence-corrected chi connectivity index (χ1v) is 7.07. The van der Waals surface area contributed by atoms with Crippen molar-refractivity contribution in [2.45, 2.75) is 25.5 Å². The van der Waals surface area contributed by atoms with Crippen molar-refractivity contribution in [2.75, 3.05) is 18.5 Å². The minimum Gasteiger partial charge on any atom is -0.393 e. The molecule has 2 fully saturated rings. The van der Waals surface area contributed by atoms with E-state index in [1.165, 1.54) is 0 Å². The molecular formula is C13H19ClN4O. The number of hydrogen-bond donors (Lipinski definition) is 3. The minimum atomic E-state index is -0.129. The first-order valence-electron chi connectivity index (χ1n) is 6.70. The first kappa shape index (κ1) is 13.1. The van der Waals surface area contributed by atoms with E-state index in [0.29, 0.717) is 29.2 Å². The number of hydrogen-bond acceptors (Lipinski definition) is 5. The molecule has 6 heteroatoms. The quantitative estimate of drug-likeness (QED) is 0.574. The van der Waals surface area contributed by atoms with Gasteiger partial charge in [-0.25, -0.2) is 10.8 Å². The van der Waals surface area contributed by atoms with Crippen molar-refractivity contribution < 1.29 is 5.11 Å². The third kappa shape index (κ3) is 2.56. The molecule has 3 atom stereocenters. The summed E-state index contributed by atoms with van der Waals surface area (Å²) in [5.74, 6) is 7.05. The Morgan fingerprint density at radius 2 is 2.26 bits per heavy atom. The number of nitrogens with zero attached hydrogens (tertiary/aromatic N) is 2. The molecule has 5 nitrogen and oxygen atoms in total. The maximum Gasteiger partial charge on any atom is 0.140 e. The number of hydrazine groups is 1. The van der Waals surface area contributed by atoms with Crippen LogP contribution in [0.4, 0.5) is 5.82 Å². The second-order valence-electron chi connectivity index (χ2n) is 5.53. The van der Waals surface area contributed by atoms with E-state index < -0.39 is 0 Å². The van der Waals surface area contributed by atoms with Crippen LogP contribution in [0.3, 0.4) is 0 Å². The van der Waals surface area contributed by atoms with Gasteiger partial charge < -0.3 is 10.5 Å². The predicted molar refractivity (Wildman–Crippen MR) is 74.6 cm³/mol. The fourth-order valence-corrected chi connectivity index (χ4v) is 3.51. The molecule has 4 N–H and O–H groups in total. The van der Waals surface area contributed by atoms with Crippen molar-refractivity contribution in [3.8, 4) is 0 Å². The minimum absolute atomic E-state index is 0.129. The average Bonchev–Trinajstić information content (AvgIpc) is 2.95. The van der Waals surface area contributed by atoms with Gasteiger partial charge in [-0.05, 0) is 30.9 Å². The van der Waals surface area contributed by atoms with Crippen molar-refractivity contribution in [3.63, 3.8) is 0 Å². The molecule has 3 rings (SSSR count). The van der Waals surface area contributed by atoms with Gasteiger partial charge in [0.05, 0.1) is 16.8 Å². The number of aromatic nitrogens is 1. The number of aliphatic hydroxyl groups is 1. The summed E-state index contributed by atoms with van der Waals surface area (Å²) in [6.45, 7) is 2.68. The molecule has 1 saturated carbocycles. The van der Waals surface area contributed by atoms with Gasteiger partial charge >= 0.3 is 0 Å². The summed E-state index contributed by atoms with van der Waals surface area (Å²) >= 11 is 6.17. The van der Waals surface area contributed by atoms with E-state index in [1.807, 2.05) is 6.07 Å². The normalized spacial score (nSPS) is 30.6. The predicted octanol–water partition coefficient (Wildman–Crippen LogP) is 1.22. The van der Waals surface area contributed by atoms with Gasteiger partial charge in [0.25, 0.3) is 0 Å². The number of rotatable bonds is 3. The molecule has 0 spiro atoms. The molecule has 3 unspecified atom stereocenters. The number of fused-ring (bicyclic) bond motifs is 1. The van der Waals surface area contributed by atoms with E-state index in [0.717, 1.165) is 31.6 Å². The highest BCUT2D eigenvalue weighted by atomic mass is 35.5. The van der Waals surface area contributed by atoms with Crippen LogP contribution in [0.2, 0.25) is 5.02 Å². The summed E-state index contributed by atoms with van der Waals surface area (Å²) in [5.41, 5.74) is 3.38. The van der Waals surface area contributed by atoms with Crippen LogP contribution in [-0.4, -0.2) is 34.2 Å². The first-order chi connectivity index (χ1) is 9.17. The Bertz CT molecular complexity index is 470. The summed E-state index contributed by atoms with van der Waals surface area (Å²) in [5, 5.41) is 10.6. The Morgan fingerprint density at radius 1 is 1.42 bits per heavy atom. The lowest BCUT2D eigenvalue weighted by Crippen LogP contribution is -2.25. The fourth-order valence-electron chi connectivity index (χ4n) is 3.35. The number of anilines is 1. The average molecular weight is 283 g/mol. The van der Waals surface area contributed by atoms with Crippen LogP contribution >= 0.6 is 11.6 Å². The second kappa shape index (κ2) is 5.25. The Morgan fingerprint density at radius 3 is 3.00 bits per heavy atom. The number of aliphatic hydroxyl groups excluding tert-OH is 1. The van der Waals surface area contributed by atoms with Gasteiger partial charge in [0.2, 0.25) is 0 Å². The van der Waals surface area contributed by atoms with Crippen molar-refractivity contribution in [1.82, 2.24) is 9.88 Å². The van der Waals surface area contributed by atoms with E-state index in [-0.39, 0.29) is 6.10 Å². The van der Waals surface area contributed by atoms with Gasteiger partial charge in [-0.1, -0.05) is 11.6 Å². The third-order valence-corrected chi connectivity index (χ3v) is 4.68. The Balaban J connectivity index is 1.69. The number of likely N-dealkylation sites (tertiary alicyclic amines) is 1. The SMILES string of the molecule is NNc1ccc(Cl)c(CN2CC3CCC(O)C3C2)n1. The molecule has 0 aromatic carbocycles. The molecular weight excluding hydrogens is 264 g/mol.